The number of ether oxygens (including phenoxy) is 1. The highest BCUT2D eigenvalue weighted by Crippen LogP contribution is 2.29. The maximum Gasteiger partial charge on any atom is 0.299 e. The molecule has 88 valence electrons. The molecule has 0 unspecified atom stereocenters. The minimum absolute atomic E-state index is 0.0601. The van der Waals surface area contributed by atoms with E-state index in [1.54, 1.807) is 18.2 Å². The van der Waals surface area contributed by atoms with Crippen LogP contribution in [0.4, 0.5) is 5.69 Å². The molecule has 0 aliphatic carbocycles. The van der Waals surface area contributed by atoms with E-state index in [0.29, 0.717) is 29.8 Å². The number of aromatic nitrogens is 1. The number of nitrogens with zero attached hydrogens (tertiary/aromatic N) is 2. The molecule has 17 heavy (non-hydrogen) atoms. The minimum Gasteiger partial charge on any atom is -0.492 e. The molecule has 1 aromatic carbocycles. The number of nitro groups is 1. The van der Waals surface area contributed by atoms with Crippen LogP contribution in [0.15, 0.2) is 30.5 Å². The predicted octanol–water partition coefficient (Wildman–Crippen LogP) is 1.48. The van der Waals surface area contributed by atoms with Crippen LogP contribution in [-0.4, -0.2) is 23.1 Å². The summed E-state index contributed by atoms with van der Waals surface area (Å²) >= 11 is 0. The fourth-order valence-electron chi connectivity index (χ4n) is 1.55. The molecule has 0 radical (unpaired) electrons. The number of fused-ring (bicyclic) bond motifs is 1. The normalized spacial score (nSPS) is 10.4. The predicted molar refractivity (Wildman–Crippen MR) is 62.9 cm³/mol. The zero-order chi connectivity index (χ0) is 12.3. The Bertz CT molecular complexity index is 557. The number of nitro benzene ring substituents is 1. The van der Waals surface area contributed by atoms with E-state index in [0.717, 1.165) is 0 Å². The third-order valence-corrected chi connectivity index (χ3v) is 2.24. The second-order valence-corrected chi connectivity index (χ2v) is 3.41. The Morgan fingerprint density at radius 3 is 3.00 bits per heavy atom. The number of benzene rings is 1. The van der Waals surface area contributed by atoms with Crippen LogP contribution in [0.3, 0.4) is 0 Å². The summed E-state index contributed by atoms with van der Waals surface area (Å²) in [5.74, 6) is 0.433. The first kappa shape index (κ1) is 11.3. The molecule has 1 aromatic heterocycles. The zero-order valence-corrected chi connectivity index (χ0v) is 9.00. The summed E-state index contributed by atoms with van der Waals surface area (Å²) in [5.41, 5.74) is 5.61. The van der Waals surface area contributed by atoms with E-state index >= 15 is 0 Å². The van der Waals surface area contributed by atoms with Gasteiger partial charge >= 0.3 is 0 Å². The molecule has 0 spiro atoms. The van der Waals surface area contributed by atoms with Gasteiger partial charge in [0.1, 0.15) is 17.9 Å². The van der Waals surface area contributed by atoms with Gasteiger partial charge in [-0.25, -0.2) is 4.98 Å². The lowest BCUT2D eigenvalue weighted by molar-refractivity contribution is -0.383. The molecule has 0 aliphatic rings. The minimum atomic E-state index is -0.468. The molecular formula is C11H11N3O3. The van der Waals surface area contributed by atoms with E-state index in [1.165, 1.54) is 12.3 Å². The van der Waals surface area contributed by atoms with Crippen LogP contribution in [0.5, 0.6) is 5.75 Å². The first-order valence-corrected chi connectivity index (χ1v) is 5.08. The third-order valence-electron chi connectivity index (χ3n) is 2.24. The van der Waals surface area contributed by atoms with Crippen LogP contribution >= 0.6 is 0 Å². The molecule has 0 amide bonds. The Labute approximate surface area is 97.2 Å². The maximum absolute atomic E-state index is 10.9. The van der Waals surface area contributed by atoms with Crippen molar-refractivity contribution in [2.75, 3.05) is 13.2 Å². The second-order valence-electron chi connectivity index (χ2n) is 3.41. The summed E-state index contributed by atoms with van der Waals surface area (Å²) in [6.07, 6.45) is 1.52. The molecule has 6 heteroatoms. The topological polar surface area (TPSA) is 91.3 Å². The van der Waals surface area contributed by atoms with Gasteiger partial charge in [-0.3, -0.25) is 10.1 Å². The van der Waals surface area contributed by atoms with Gasteiger partial charge in [-0.2, -0.15) is 0 Å². The van der Waals surface area contributed by atoms with Crippen molar-refractivity contribution in [2.45, 2.75) is 0 Å². The molecule has 6 nitrogen and oxygen atoms in total. The fourth-order valence-corrected chi connectivity index (χ4v) is 1.55. The molecule has 0 aliphatic heterocycles. The smallest absolute Gasteiger partial charge is 0.299 e. The summed E-state index contributed by atoms with van der Waals surface area (Å²) in [4.78, 5) is 14.5. The van der Waals surface area contributed by atoms with Crippen molar-refractivity contribution in [3.63, 3.8) is 0 Å². The molecular weight excluding hydrogens is 222 g/mol. The van der Waals surface area contributed by atoms with Gasteiger partial charge in [-0.1, -0.05) is 6.07 Å². The lowest BCUT2D eigenvalue weighted by Crippen LogP contribution is -2.10. The summed E-state index contributed by atoms with van der Waals surface area (Å²) in [6.45, 7) is 0.682. The average molecular weight is 233 g/mol. The first-order valence-electron chi connectivity index (χ1n) is 5.08. The molecule has 2 aromatic rings. The van der Waals surface area contributed by atoms with Crippen LogP contribution in [0.1, 0.15) is 0 Å². The van der Waals surface area contributed by atoms with E-state index in [2.05, 4.69) is 4.98 Å². The van der Waals surface area contributed by atoms with E-state index in [9.17, 15) is 10.1 Å². The van der Waals surface area contributed by atoms with Crippen molar-refractivity contribution in [1.29, 1.82) is 0 Å². The number of hydrogen-bond donors (Lipinski definition) is 1. The van der Waals surface area contributed by atoms with Gasteiger partial charge in [0.2, 0.25) is 0 Å². The monoisotopic (exact) mass is 233 g/mol. The number of non-ortho nitro benzene ring substituents is 1. The van der Waals surface area contributed by atoms with Gasteiger partial charge in [0.15, 0.2) is 0 Å². The summed E-state index contributed by atoms with van der Waals surface area (Å²) < 4.78 is 5.30. The van der Waals surface area contributed by atoms with Crippen molar-refractivity contribution in [3.8, 4) is 5.75 Å². The first-order chi connectivity index (χ1) is 8.22. The van der Waals surface area contributed by atoms with Crippen LogP contribution < -0.4 is 10.5 Å². The van der Waals surface area contributed by atoms with Gasteiger partial charge in [0.25, 0.3) is 5.69 Å². The largest absolute Gasteiger partial charge is 0.492 e. The van der Waals surface area contributed by atoms with E-state index in [-0.39, 0.29) is 5.69 Å². The average Bonchev–Trinajstić information content (AvgIpc) is 2.35. The Kier molecular flexibility index (Phi) is 3.15. The number of hydrogen-bond acceptors (Lipinski definition) is 5. The lowest BCUT2D eigenvalue weighted by atomic mass is 10.2. The standard InChI is InChI=1S/C11H11N3O3/c12-3-5-17-9-6-8-2-1-4-13-11(8)10(7-9)14(15)16/h1-2,4,6-7H,3,5,12H2. The molecule has 0 bridgehead atoms. The number of nitrogens with two attached hydrogens (primary N) is 1. The quantitative estimate of drug-likeness (QED) is 0.637. The Morgan fingerprint density at radius 1 is 1.47 bits per heavy atom. The Morgan fingerprint density at radius 2 is 2.29 bits per heavy atom. The van der Waals surface area contributed by atoms with Crippen molar-refractivity contribution in [2.24, 2.45) is 5.73 Å². The highest BCUT2D eigenvalue weighted by atomic mass is 16.6. The fraction of sp³-hybridized carbons (Fsp3) is 0.182. The zero-order valence-electron chi connectivity index (χ0n) is 9.00. The summed E-state index contributed by atoms with van der Waals surface area (Å²) in [5, 5.41) is 11.6. The van der Waals surface area contributed by atoms with E-state index in [4.69, 9.17) is 10.5 Å². The van der Waals surface area contributed by atoms with Crippen molar-refractivity contribution in [1.82, 2.24) is 4.98 Å². The van der Waals surface area contributed by atoms with Crippen LogP contribution in [-0.2, 0) is 0 Å². The van der Waals surface area contributed by atoms with Crippen LogP contribution in [0, 0.1) is 10.1 Å². The molecule has 2 rings (SSSR count). The highest BCUT2D eigenvalue weighted by molar-refractivity contribution is 5.88. The van der Waals surface area contributed by atoms with Gasteiger partial charge in [-0.05, 0) is 12.1 Å². The molecule has 0 saturated heterocycles. The number of rotatable bonds is 4. The Balaban J connectivity index is 2.55. The van der Waals surface area contributed by atoms with Crippen molar-refractivity contribution < 1.29 is 9.66 Å². The second kappa shape index (κ2) is 4.75. The van der Waals surface area contributed by atoms with E-state index in [1.807, 2.05) is 0 Å². The van der Waals surface area contributed by atoms with Crippen LogP contribution in [0.25, 0.3) is 10.9 Å². The van der Waals surface area contributed by atoms with Gasteiger partial charge in [-0.15, -0.1) is 0 Å². The SMILES string of the molecule is NCCOc1cc([N+](=O)[O-])c2ncccc2c1. The van der Waals surface area contributed by atoms with Gasteiger partial charge < -0.3 is 10.5 Å². The lowest BCUT2D eigenvalue weighted by Gasteiger charge is -2.06. The van der Waals surface area contributed by atoms with Gasteiger partial charge in [0.05, 0.1) is 11.0 Å². The third kappa shape index (κ3) is 2.31. The Hall–Kier alpha value is -2.21. The van der Waals surface area contributed by atoms with Crippen molar-refractivity contribution in [3.05, 3.63) is 40.6 Å². The summed E-state index contributed by atoms with van der Waals surface area (Å²) in [7, 11) is 0. The van der Waals surface area contributed by atoms with E-state index < -0.39 is 4.92 Å². The molecule has 2 N–H and O–H groups in total. The highest BCUT2D eigenvalue weighted by Gasteiger charge is 2.15. The molecule has 0 fully saturated rings. The molecule has 1 heterocycles. The number of pyridine rings is 1. The molecule has 0 saturated carbocycles. The van der Waals surface area contributed by atoms with Crippen LogP contribution in [0.2, 0.25) is 0 Å². The molecule has 0 atom stereocenters. The van der Waals surface area contributed by atoms with Gasteiger partial charge in [0, 0.05) is 18.1 Å². The van der Waals surface area contributed by atoms with Crippen molar-refractivity contribution >= 4 is 16.6 Å². The summed E-state index contributed by atoms with van der Waals surface area (Å²) in [6, 6.07) is 6.55. The maximum atomic E-state index is 10.9.